The van der Waals surface area contributed by atoms with Crippen LogP contribution in [0, 0.1) is 4.77 Å². The highest BCUT2D eigenvalue weighted by Crippen LogP contribution is 2.29. The van der Waals surface area contributed by atoms with Crippen molar-refractivity contribution in [3.05, 3.63) is 56.0 Å². The number of hydrogen-bond donors (Lipinski definition) is 1. The van der Waals surface area contributed by atoms with Crippen LogP contribution in [-0.2, 0) is 7.05 Å². The number of rotatable bonds is 2. The predicted octanol–water partition coefficient (Wildman–Crippen LogP) is 4.25. The Balaban J connectivity index is 2.42. The Kier molecular flexibility index (Phi) is 3.99. The second kappa shape index (κ2) is 5.82. The molecule has 0 aliphatic heterocycles. The van der Waals surface area contributed by atoms with Crippen LogP contribution in [0.4, 0.5) is 8.78 Å². The van der Waals surface area contributed by atoms with Gasteiger partial charge in [0.1, 0.15) is 5.65 Å². The van der Waals surface area contributed by atoms with Crippen molar-refractivity contribution in [1.29, 1.82) is 0 Å². The quantitative estimate of drug-likeness (QED) is 0.701. The molecule has 3 aromatic rings. The molecule has 0 unspecified atom stereocenters. The van der Waals surface area contributed by atoms with E-state index in [0.29, 0.717) is 16.3 Å². The van der Waals surface area contributed by atoms with Gasteiger partial charge in [-0.05, 0) is 30.4 Å². The molecule has 0 saturated carbocycles. The average Bonchev–Trinajstić information content (AvgIpc) is 2.52. The number of aromatic nitrogens is 3. The van der Waals surface area contributed by atoms with Crippen molar-refractivity contribution in [3.63, 3.8) is 0 Å². The Morgan fingerprint density at radius 2 is 1.96 bits per heavy atom. The van der Waals surface area contributed by atoms with Crippen LogP contribution in [-0.4, -0.2) is 14.5 Å². The zero-order chi connectivity index (χ0) is 16.7. The lowest BCUT2D eigenvalue weighted by atomic mass is 10.1. The molecule has 0 aliphatic carbocycles. The van der Waals surface area contributed by atoms with Crippen molar-refractivity contribution in [2.45, 2.75) is 6.43 Å². The minimum atomic E-state index is -2.82. The van der Waals surface area contributed by atoms with Gasteiger partial charge in [0.15, 0.2) is 4.77 Å². The lowest BCUT2D eigenvalue weighted by Crippen LogP contribution is -2.16. The fraction of sp³-hybridized carbons (Fsp3) is 0.133. The normalized spacial score (nSPS) is 11.3. The fourth-order valence-corrected chi connectivity index (χ4v) is 2.61. The molecular weight excluding hydrogens is 344 g/mol. The highest BCUT2D eigenvalue weighted by Gasteiger charge is 2.19. The first kappa shape index (κ1) is 15.8. The standard InChI is InChI=1S/C15H10ClF2N3OS/c1-21-13-11(14(22)20-15(21)23)9(12(17)18)6-10(19-13)7-2-4-8(16)5-3-7/h2-6,12H,1H3,(H,20,22,23). The molecule has 2 heterocycles. The van der Waals surface area contributed by atoms with Crippen LogP contribution in [0.1, 0.15) is 12.0 Å². The van der Waals surface area contributed by atoms with Crippen LogP contribution in [0.2, 0.25) is 5.02 Å². The number of fused-ring (bicyclic) bond motifs is 1. The van der Waals surface area contributed by atoms with E-state index >= 15 is 0 Å². The SMILES string of the molecule is Cn1c(=S)[nH]c(=O)c2c(C(F)F)cc(-c3ccc(Cl)cc3)nc21. The van der Waals surface area contributed by atoms with Crippen LogP contribution in [0.25, 0.3) is 22.3 Å². The summed E-state index contributed by atoms with van der Waals surface area (Å²) in [5, 5.41) is 0.368. The molecule has 1 N–H and O–H groups in total. The smallest absolute Gasteiger partial charge is 0.264 e. The van der Waals surface area contributed by atoms with Gasteiger partial charge >= 0.3 is 0 Å². The van der Waals surface area contributed by atoms with E-state index in [9.17, 15) is 13.6 Å². The fourth-order valence-electron chi connectivity index (χ4n) is 2.31. The number of alkyl halides is 2. The Morgan fingerprint density at radius 1 is 1.30 bits per heavy atom. The van der Waals surface area contributed by atoms with Crippen LogP contribution < -0.4 is 5.56 Å². The zero-order valence-electron chi connectivity index (χ0n) is 11.8. The lowest BCUT2D eigenvalue weighted by molar-refractivity contribution is 0.153. The maximum atomic E-state index is 13.4. The number of H-pyrrole nitrogens is 1. The van der Waals surface area contributed by atoms with Crippen LogP contribution in [0.3, 0.4) is 0 Å². The summed E-state index contributed by atoms with van der Waals surface area (Å²) < 4.78 is 28.4. The maximum absolute atomic E-state index is 13.4. The molecule has 118 valence electrons. The van der Waals surface area contributed by atoms with Gasteiger partial charge in [-0.15, -0.1) is 0 Å². The average molecular weight is 354 g/mol. The van der Waals surface area contributed by atoms with Crippen molar-refractivity contribution in [3.8, 4) is 11.3 Å². The molecule has 1 aromatic carbocycles. The number of aryl methyl sites for hydroxylation is 1. The summed E-state index contributed by atoms with van der Waals surface area (Å²) in [5.41, 5.74) is -0.00803. The number of nitrogens with zero attached hydrogens (tertiary/aromatic N) is 2. The molecule has 2 aromatic heterocycles. The second-order valence-corrected chi connectivity index (χ2v) is 5.74. The molecule has 0 atom stereocenters. The minimum absolute atomic E-state index is 0.113. The molecule has 0 amide bonds. The summed E-state index contributed by atoms with van der Waals surface area (Å²) in [5.74, 6) is 0. The van der Waals surface area contributed by atoms with Gasteiger partial charge in [-0.2, -0.15) is 0 Å². The first-order valence-corrected chi connectivity index (χ1v) is 7.35. The maximum Gasteiger partial charge on any atom is 0.264 e. The summed E-state index contributed by atoms with van der Waals surface area (Å²) >= 11 is 10.9. The minimum Gasteiger partial charge on any atom is -0.306 e. The molecule has 0 saturated heterocycles. The van der Waals surface area contributed by atoms with Gasteiger partial charge in [0, 0.05) is 23.2 Å². The third-order valence-electron chi connectivity index (χ3n) is 3.48. The molecule has 4 nitrogen and oxygen atoms in total. The van der Waals surface area contributed by atoms with Gasteiger partial charge in [-0.25, -0.2) is 13.8 Å². The van der Waals surface area contributed by atoms with Crippen LogP contribution >= 0.6 is 23.8 Å². The van der Waals surface area contributed by atoms with E-state index < -0.39 is 12.0 Å². The van der Waals surface area contributed by atoms with Gasteiger partial charge in [-0.3, -0.25) is 9.78 Å². The molecular formula is C15H10ClF2N3OS. The number of hydrogen-bond acceptors (Lipinski definition) is 3. The number of aromatic amines is 1. The first-order valence-electron chi connectivity index (χ1n) is 6.56. The van der Waals surface area contributed by atoms with Crippen molar-refractivity contribution in [1.82, 2.24) is 14.5 Å². The Morgan fingerprint density at radius 3 is 2.57 bits per heavy atom. The van der Waals surface area contributed by atoms with E-state index in [-0.39, 0.29) is 21.4 Å². The van der Waals surface area contributed by atoms with Crippen molar-refractivity contribution < 1.29 is 8.78 Å². The molecule has 0 spiro atoms. The third-order valence-corrected chi connectivity index (χ3v) is 4.10. The molecule has 8 heteroatoms. The van der Waals surface area contributed by atoms with E-state index in [0.717, 1.165) is 0 Å². The second-order valence-electron chi connectivity index (χ2n) is 4.92. The summed E-state index contributed by atoms with van der Waals surface area (Å²) in [6, 6.07) is 7.85. The molecule has 23 heavy (non-hydrogen) atoms. The number of pyridine rings is 1. The summed E-state index contributed by atoms with van der Waals surface area (Å²) in [6.07, 6.45) is -2.82. The van der Waals surface area contributed by atoms with Crippen molar-refractivity contribution in [2.24, 2.45) is 7.05 Å². The molecule has 3 rings (SSSR count). The van der Waals surface area contributed by atoms with Crippen LogP contribution in [0.5, 0.6) is 0 Å². The Labute approximate surface area is 139 Å². The van der Waals surface area contributed by atoms with Gasteiger partial charge in [-0.1, -0.05) is 23.7 Å². The highest BCUT2D eigenvalue weighted by atomic mass is 35.5. The molecule has 0 radical (unpaired) electrons. The van der Waals surface area contributed by atoms with E-state index in [1.54, 1.807) is 31.3 Å². The van der Waals surface area contributed by atoms with Gasteiger partial charge < -0.3 is 4.57 Å². The third kappa shape index (κ3) is 2.77. The lowest BCUT2D eigenvalue weighted by Gasteiger charge is -2.11. The van der Waals surface area contributed by atoms with E-state index in [1.165, 1.54) is 10.6 Å². The van der Waals surface area contributed by atoms with E-state index in [1.807, 2.05) is 0 Å². The van der Waals surface area contributed by atoms with Crippen molar-refractivity contribution in [2.75, 3.05) is 0 Å². The summed E-state index contributed by atoms with van der Waals surface area (Å²) in [7, 11) is 1.56. The Bertz CT molecular complexity index is 1010. The first-order chi connectivity index (χ1) is 10.9. The molecule has 0 fully saturated rings. The van der Waals surface area contributed by atoms with Gasteiger partial charge in [0.2, 0.25) is 0 Å². The van der Waals surface area contributed by atoms with Crippen molar-refractivity contribution >= 4 is 34.9 Å². The van der Waals surface area contributed by atoms with Crippen LogP contribution in [0.15, 0.2) is 35.1 Å². The topological polar surface area (TPSA) is 50.7 Å². The van der Waals surface area contributed by atoms with E-state index in [4.69, 9.17) is 23.8 Å². The van der Waals surface area contributed by atoms with E-state index in [2.05, 4.69) is 9.97 Å². The predicted molar refractivity (Wildman–Crippen MR) is 87.6 cm³/mol. The van der Waals surface area contributed by atoms with Gasteiger partial charge in [0.05, 0.1) is 11.1 Å². The number of nitrogens with one attached hydrogen (secondary N) is 1. The molecule has 0 aliphatic rings. The zero-order valence-corrected chi connectivity index (χ0v) is 13.4. The highest BCUT2D eigenvalue weighted by molar-refractivity contribution is 7.71. The van der Waals surface area contributed by atoms with Gasteiger partial charge in [0.25, 0.3) is 12.0 Å². The largest absolute Gasteiger partial charge is 0.306 e. The monoisotopic (exact) mass is 353 g/mol. The number of benzene rings is 1. The molecule has 0 bridgehead atoms. The summed E-state index contributed by atoms with van der Waals surface area (Å²) in [4.78, 5) is 18.8. The number of halogens is 3. The summed E-state index contributed by atoms with van der Waals surface area (Å²) in [6.45, 7) is 0. The Hall–Kier alpha value is -2.12.